The summed E-state index contributed by atoms with van der Waals surface area (Å²) in [5.74, 6) is 0.734. The molecule has 6 rings (SSSR count). The Balaban J connectivity index is 1.21. The summed E-state index contributed by atoms with van der Waals surface area (Å²) >= 11 is 0. The molecule has 5 aliphatic rings. The zero-order chi connectivity index (χ0) is 26.2. The van der Waals surface area contributed by atoms with E-state index in [4.69, 9.17) is 13.9 Å². The largest absolute Gasteiger partial charge is 0.431 e. The third-order valence-corrected chi connectivity index (χ3v) is 11.4. The summed E-state index contributed by atoms with van der Waals surface area (Å²) in [5, 5.41) is 33.1. The van der Waals surface area contributed by atoms with Crippen LogP contribution >= 0.6 is 0 Å². The van der Waals surface area contributed by atoms with Crippen LogP contribution < -0.4 is 5.63 Å². The monoisotopic (exact) mass is 514 g/mol. The Hall–Kier alpha value is -1.51. The topological polar surface area (TPSA) is 109 Å². The lowest BCUT2D eigenvalue weighted by Gasteiger charge is -2.62. The van der Waals surface area contributed by atoms with Gasteiger partial charge in [0.15, 0.2) is 6.29 Å². The number of hydrogen-bond acceptors (Lipinski definition) is 7. The third-order valence-electron chi connectivity index (χ3n) is 11.4. The van der Waals surface area contributed by atoms with Crippen LogP contribution in [-0.4, -0.2) is 52.1 Å². The number of rotatable bonds is 3. The molecule has 37 heavy (non-hydrogen) atoms. The predicted octanol–water partition coefficient (Wildman–Crippen LogP) is 3.90. The second-order valence-corrected chi connectivity index (χ2v) is 13.1. The zero-order valence-electron chi connectivity index (χ0n) is 22.3. The van der Waals surface area contributed by atoms with Gasteiger partial charge in [-0.1, -0.05) is 32.4 Å². The van der Waals surface area contributed by atoms with Gasteiger partial charge in [0.2, 0.25) is 0 Å². The summed E-state index contributed by atoms with van der Waals surface area (Å²) in [4.78, 5) is 11.5. The summed E-state index contributed by atoms with van der Waals surface area (Å²) in [6.07, 6.45) is 8.47. The maximum absolute atomic E-state index is 12.4. The molecule has 204 valence electrons. The molecule has 0 aromatic carbocycles. The standard InChI is InChI=1S/C30H42O7/c1-17-15-36-27(26(33)25(17)32)37-20-8-11-28(2)19(14-20)5-6-23-22(28)9-12-29(3)21(10-13-30(23,29)34)18-4-7-24(31)35-16-18/h4,7,14,16-17,20-23,25-27,32-34H,5-6,8-13,15H2,1-3H3/t17-,20-,21+,22?,23?,25+,26-,27?,28-,29+,30-/m0/s1. The molecule has 3 unspecified atom stereocenters. The lowest BCUT2D eigenvalue weighted by molar-refractivity contribution is -0.268. The normalized spacial score (nSPS) is 49.5. The van der Waals surface area contributed by atoms with Crippen molar-refractivity contribution >= 4 is 0 Å². The van der Waals surface area contributed by atoms with Crippen LogP contribution in [0.15, 0.2) is 39.3 Å². The van der Waals surface area contributed by atoms with E-state index in [1.807, 2.05) is 13.0 Å². The fourth-order valence-corrected chi connectivity index (χ4v) is 9.11. The molecule has 1 aromatic rings. The molecule has 0 radical (unpaired) electrons. The highest BCUT2D eigenvalue weighted by molar-refractivity contribution is 5.31. The van der Waals surface area contributed by atoms with Crippen molar-refractivity contribution in [3.05, 3.63) is 46.0 Å². The van der Waals surface area contributed by atoms with Crippen LogP contribution in [0.1, 0.15) is 83.6 Å². The SMILES string of the molecule is C[C@H]1COC(O[C@@H]2C=C3CCC4C(CC[C@]5(C)[C@@H](c6ccc(=O)oc6)CC[C@]45O)[C@@]3(C)CC2)[C@@H](O)[C@@H]1O. The predicted molar refractivity (Wildman–Crippen MR) is 137 cm³/mol. The van der Waals surface area contributed by atoms with Gasteiger partial charge in [-0.3, -0.25) is 0 Å². The number of aliphatic hydroxyl groups is 3. The molecule has 7 heteroatoms. The lowest BCUT2D eigenvalue weighted by Crippen LogP contribution is -2.60. The molecular weight excluding hydrogens is 472 g/mol. The summed E-state index contributed by atoms with van der Waals surface area (Å²) < 4.78 is 17.1. The molecule has 11 atom stereocenters. The van der Waals surface area contributed by atoms with E-state index in [1.165, 1.54) is 11.6 Å². The first-order valence-electron chi connectivity index (χ1n) is 14.2. The van der Waals surface area contributed by atoms with Crippen LogP contribution in [0.3, 0.4) is 0 Å². The summed E-state index contributed by atoms with van der Waals surface area (Å²) in [7, 11) is 0. The van der Waals surface area contributed by atoms with Crippen LogP contribution in [0.5, 0.6) is 0 Å². The second-order valence-electron chi connectivity index (χ2n) is 13.1. The van der Waals surface area contributed by atoms with Crippen LogP contribution in [0.4, 0.5) is 0 Å². The smallest absolute Gasteiger partial charge is 0.335 e. The number of hydrogen-bond donors (Lipinski definition) is 3. The van der Waals surface area contributed by atoms with E-state index in [-0.39, 0.29) is 40.3 Å². The highest BCUT2D eigenvalue weighted by Gasteiger charge is 2.66. The maximum Gasteiger partial charge on any atom is 0.335 e. The van der Waals surface area contributed by atoms with Crippen molar-refractivity contribution in [2.75, 3.05) is 6.61 Å². The van der Waals surface area contributed by atoms with Crippen molar-refractivity contribution in [2.45, 2.75) is 108 Å². The molecule has 1 aromatic heterocycles. The third kappa shape index (κ3) is 3.83. The molecule has 4 fully saturated rings. The molecule has 0 amide bonds. The van der Waals surface area contributed by atoms with Gasteiger partial charge >= 0.3 is 5.63 Å². The summed E-state index contributed by atoms with van der Waals surface area (Å²) in [5.41, 5.74) is 1.17. The quantitative estimate of drug-likeness (QED) is 0.525. The maximum atomic E-state index is 12.4. The van der Waals surface area contributed by atoms with E-state index in [0.29, 0.717) is 12.5 Å². The van der Waals surface area contributed by atoms with E-state index >= 15 is 0 Å². The van der Waals surface area contributed by atoms with Gasteiger partial charge in [0.05, 0.1) is 30.7 Å². The Morgan fingerprint density at radius 2 is 1.81 bits per heavy atom. The van der Waals surface area contributed by atoms with Gasteiger partial charge in [0.1, 0.15) is 6.10 Å². The average Bonchev–Trinajstić information content (AvgIpc) is 3.16. The van der Waals surface area contributed by atoms with Crippen molar-refractivity contribution in [3.63, 3.8) is 0 Å². The molecule has 3 saturated carbocycles. The van der Waals surface area contributed by atoms with Crippen molar-refractivity contribution in [3.8, 4) is 0 Å². The molecule has 2 heterocycles. The molecule has 1 saturated heterocycles. The molecule has 4 aliphatic carbocycles. The van der Waals surface area contributed by atoms with Crippen LogP contribution in [0, 0.1) is 28.6 Å². The van der Waals surface area contributed by atoms with E-state index in [1.54, 1.807) is 6.26 Å². The minimum absolute atomic E-state index is 0.0253. The fourth-order valence-electron chi connectivity index (χ4n) is 9.11. The average molecular weight is 515 g/mol. The molecule has 1 aliphatic heterocycles. The first-order valence-corrected chi connectivity index (χ1v) is 14.2. The van der Waals surface area contributed by atoms with Gasteiger partial charge < -0.3 is 29.2 Å². The van der Waals surface area contributed by atoms with E-state index < -0.39 is 24.1 Å². The Morgan fingerprint density at radius 1 is 1.00 bits per heavy atom. The van der Waals surface area contributed by atoms with Gasteiger partial charge in [-0.2, -0.15) is 0 Å². The summed E-state index contributed by atoms with van der Waals surface area (Å²) in [6, 6.07) is 3.38. The van der Waals surface area contributed by atoms with Gasteiger partial charge in [-0.25, -0.2) is 4.79 Å². The van der Waals surface area contributed by atoms with Gasteiger partial charge in [-0.05, 0) is 86.2 Å². The van der Waals surface area contributed by atoms with Crippen molar-refractivity contribution < 1.29 is 29.2 Å². The highest BCUT2D eigenvalue weighted by Crippen LogP contribution is 2.70. The Bertz CT molecular complexity index is 1090. The van der Waals surface area contributed by atoms with E-state index in [2.05, 4.69) is 19.9 Å². The minimum atomic E-state index is -1.04. The molecule has 7 nitrogen and oxygen atoms in total. The molecule has 0 spiro atoms. The fraction of sp³-hybridized carbons (Fsp3) is 0.767. The summed E-state index contributed by atoms with van der Waals surface area (Å²) in [6.45, 7) is 6.88. The number of ether oxygens (including phenoxy) is 2. The van der Waals surface area contributed by atoms with Crippen molar-refractivity contribution in [1.82, 2.24) is 0 Å². The number of allylic oxidation sites excluding steroid dienone is 1. The second kappa shape index (κ2) is 9.02. The Labute approximate surface area is 218 Å². The van der Waals surface area contributed by atoms with Crippen molar-refractivity contribution in [2.24, 2.45) is 28.6 Å². The number of fused-ring (bicyclic) bond motifs is 5. The van der Waals surface area contributed by atoms with Crippen molar-refractivity contribution in [1.29, 1.82) is 0 Å². The molecule has 0 bridgehead atoms. The van der Waals surface area contributed by atoms with Crippen LogP contribution in [0.2, 0.25) is 0 Å². The Morgan fingerprint density at radius 3 is 2.57 bits per heavy atom. The first-order chi connectivity index (χ1) is 17.6. The van der Waals surface area contributed by atoms with Crippen LogP contribution in [-0.2, 0) is 9.47 Å². The van der Waals surface area contributed by atoms with Crippen LogP contribution in [0.25, 0.3) is 0 Å². The van der Waals surface area contributed by atoms with Gasteiger partial charge in [0.25, 0.3) is 0 Å². The van der Waals surface area contributed by atoms with Gasteiger partial charge in [-0.15, -0.1) is 0 Å². The Kier molecular flexibility index (Phi) is 6.28. The van der Waals surface area contributed by atoms with Gasteiger partial charge in [0, 0.05) is 17.4 Å². The first kappa shape index (κ1) is 25.8. The zero-order valence-corrected chi connectivity index (χ0v) is 22.3. The molecule has 3 N–H and O–H groups in total. The highest BCUT2D eigenvalue weighted by atomic mass is 16.7. The number of aliphatic hydroxyl groups excluding tert-OH is 2. The minimum Gasteiger partial charge on any atom is -0.431 e. The molecular formula is C30H42O7. The van der Waals surface area contributed by atoms with E-state index in [9.17, 15) is 20.1 Å². The lowest BCUT2D eigenvalue weighted by atomic mass is 9.45. The van der Waals surface area contributed by atoms with E-state index in [0.717, 1.165) is 56.9 Å².